The van der Waals surface area contributed by atoms with Crippen LogP contribution in [-0.2, 0) is 20.7 Å². The SMILES string of the molecule is COC(=O)N1CCN(C(=O)C(Cc2ccc(C#N)cc2)NC(=O)OC(C)(C)C)CC1. The summed E-state index contributed by atoms with van der Waals surface area (Å²) in [4.78, 5) is 40.2. The third-order valence-corrected chi connectivity index (χ3v) is 4.54. The van der Waals surface area contributed by atoms with Gasteiger partial charge in [0.25, 0.3) is 0 Å². The maximum Gasteiger partial charge on any atom is 0.409 e. The van der Waals surface area contributed by atoms with E-state index in [9.17, 15) is 14.4 Å². The Labute approximate surface area is 176 Å². The second-order valence-electron chi connectivity index (χ2n) is 7.99. The lowest BCUT2D eigenvalue weighted by Gasteiger charge is -2.36. The van der Waals surface area contributed by atoms with Crippen molar-refractivity contribution in [1.29, 1.82) is 5.26 Å². The van der Waals surface area contributed by atoms with Gasteiger partial charge in [-0.15, -0.1) is 0 Å². The van der Waals surface area contributed by atoms with Gasteiger partial charge >= 0.3 is 12.2 Å². The molecule has 9 nitrogen and oxygen atoms in total. The van der Waals surface area contributed by atoms with Crippen LogP contribution in [0.25, 0.3) is 0 Å². The summed E-state index contributed by atoms with van der Waals surface area (Å²) in [5, 5.41) is 11.6. The van der Waals surface area contributed by atoms with E-state index >= 15 is 0 Å². The Kier molecular flexibility index (Phi) is 7.64. The van der Waals surface area contributed by atoms with Crippen LogP contribution in [0.2, 0.25) is 0 Å². The van der Waals surface area contributed by atoms with Crippen LogP contribution in [0.4, 0.5) is 9.59 Å². The number of hydrogen-bond donors (Lipinski definition) is 1. The number of hydrogen-bond acceptors (Lipinski definition) is 6. The molecule has 0 aliphatic carbocycles. The summed E-state index contributed by atoms with van der Waals surface area (Å²) in [6, 6.07) is 8.06. The van der Waals surface area contributed by atoms with E-state index in [1.807, 2.05) is 0 Å². The fourth-order valence-electron chi connectivity index (χ4n) is 3.06. The van der Waals surface area contributed by atoms with Gasteiger partial charge in [-0.25, -0.2) is 9.59 Å². The van der Waals surface area contributed by atoms with Crippen LogP contribution in [0.5, 0.6) is 0 Å². The van der Waals surface area contributed by atoms with Crippen LogP contribution in [0.3, 0.4) is 0 Å². The molecule has 1 aromatic rings. The number of nitrogens with zero attached hydrogens (tertiary/aromatic N) is 3. The number of alkyl carbamates (subject to hydrolysis) is 1. The Hall–Kier alpha value is -3.28. The Bertz CT molecular complexity index is 802. The van der Waals surface area contributed by atoms with Gasteiger partial charge in [-0.1, -0.05) is 12.1 Å². The van der Waals surface area contributed by atoms with Gasteiger partial charge in [-0.05, 0) is 38.5 Å². The molecule has 1 heterocycles. The summed E-state index contributed by atoms with van der Waals surface area (Å²) in [6.07, 6.45) is -0.855. The number of benzene rings is 1. The predicted octanol–water partition coefficient (Wildman–Crippen LogP) is 1.90. The standard InChI is InChI=1S/C21H28N4O5/c1-21(2,3)30-19(27)23-17(13-15-5-7-16(14-22)8-6-15)18(26)24-9-11-25(12-10-24)20(28)29-4/h5-8,17H,9-13H2,1-4H3,(H,23,27). The molecular weight excluding hydrogens is 388 g/mol. The monoisotopic (exact) mass is 416 g/mol. The van der Waals surface area contributed by atoms with Crippen molar-refractivity contribution in [2.24, 2.45) is 0 Å². The maximum absolute atomic E-state index is 13.1. The van der Waals surface area contributed by atoms with Crippen LogP contribution in [-0.4, -0.2) is 72.8 Å². The van der Waals surface area contributed by atoms with Gasteiger partial charge in [-0.3, -0.25) is 4.79 Å². The minimum Gasteiger partial charge on any atom is -0.453 e. The summed E-state index contributed by atoms with van der Waals surface area (Å²) in [7, 11) is 1.32. The number of piperazine rings is 1. The fourth-order valence-corrected chi connectivity index (χ4v) is 3.06. The lowest BCUT2D eigenvalue weighted by Crippen LogP contribution is -2.56. The van der Waals surface area contributed by atoms with Crippen LogP contribution in [0.15, 0.2) is 24.3 Å². The molecule has 1 unspecified atom stereocenters. The Morgan fingerprint density at radius 1 is 1.10 bits per heavy atom. The van der Waals surface area contributed by atoms with E-state index in [4.69, 9.17) is 14.7 Å². The van der Waals surface area contributed by atoms with Crippen molar-refractivity contribution in [2.75, 3.05) is 33.3 Å². The van der Waals surface area contributed by atoms with E-state index in [1.165, 1.54) is 12.0 Å². The van der Waals surface area contributed by atoms with Crippen molar-refractivity contribution in [1.82, 2.24) is 15.1 Å². The first-order valence-electron chi connectivity index (χ1n) is 9.73. The second-order valence-corrected chi connectivity index (χ2v) is 7.99. The molecule has 9 heteroatoms. The van der Waals surface area contributed by atoms with Gasteiger partial charge < -0.3 is 24.6 Å². The first-order chi connectivity index (χ1) is 14.1. The molecule has 1 aliphatic rings. The summed E-state index contributed by atoms with van der Waals surface area (Å²) in [5.74, 6) is -0.255. The average molecular weight is 416 g/mol. The fraction of sp³-hybridized carbons (Fsp3) is 0.524. The molecule has 2 rings (SSSR count). The minimum absolute atomic E-state index is 0.251. The van der Waals surface area contributed by atoms with Crippen LogP contribution >= 0.6 is 0 Å². The highest BCUT2D eigenvalue weighted by molar-refractivity contribution is 5.86. The molecule has 30 heavy (non-hydrogen) atoms. The van der Waals surface area contributed by atoms with Gasteiger partial charge in [0.05, 0.1) is 18.7 Å². The first kappa shape index (κ1) is 23.0. The maximum atomic E-state index is 13.1. The zero-order valence-corrected chi connectivity index (χ0v) is 17.8. The number of ether oxygens (including phenoxy) is 2. The highest BCUT2D eigenvalue weighted by atomic mass is 16.6. The van der Waals surface area contributed by atoms with E-state index < -0.39 is 23.8 Å². The lowest BCUT2D eigenvalue weighted by molar-refractivity contribution is -0.135. The summed E-state index contributed by atoms with van der Waals surface area (Å²) in [6.45, 7) is 6.63. The Morgan fingerprint density at radius 2 is 1.67 bits per heavy atom. The largest absolute Gasteiger partial charge is 0.453 e. The van der Waals surface area contributed by atoms with Crippen molar-refractivity contribution in [3.05, 3.63) is 35.4 Å². The van der Waals surface area contributed by atoms with Gasteiger partial charge in [-0.2, -0.15) is 5.26 Å². The molecule has 1 saturated heterocycles. The zero-order chi connectivity index (χ0) is 22.3. The first-order valence-corrected chi connectivity index (χ1v) is 9.73. The molecule has 0 aromatic heterocycles. The van der Waals surface area contributed by atoms with Crippen molar-refractivity contribution in [3.8, 4) is 6.07 Å². The topological polar surface area (TPSA) is 112 Å². The summed E-state index contributed by atoms with van der Waals surface area (Å²) < 4.78 is 10.0. The highest BCUT2D eigenvalue weighted by Crippen LogP contribution is 2.13. The Morgan fingerprint density at radius 3 is 2.17 bits per heavy atom. The molecule has 1 aromatic carbocycles. The molecule has 0 saturated carbocycles. The van der Waals surface area contributed by atoms with E-state index in [0.29, 0.717) is 31.7 Å². The molecule has 1 fully saturated rings. The van der Waals surface area contributed by atoms with Crippen molar-refractivity contribution in [2.45, 2.75) is 38.8 Å². The number of methoxy groups -OCH3 is 1. The number of amides is 3. The third-order valence-electron chi connectivity index (χ3n) is 4.54. The highest BCUT2D eigenvalue weighted by Gasteiger charge is 2.31. The normalized spacial score (nSPS) is 15.0. The van der Waals surface area contributed by atoms with E-state index in [0.717, 1.165) is 5.56 Å². The number of nitriles is 1. The van der Waals surface area contributed by atoms with Gasteiger partial charge in [0, 0.05) is 32.6 Å². The average Bonchev–Trinajstić information content (AvgIpc) is 2.71. The Balaban J connectivity index is 2.11. The summed E-state index contributed by atoms with van der Waals surface area (Å²) >= 11 is 0. The third kappa shape index (κ3) is 6.65. The number of carbonyl (C=O) groups excluding carboxylic acids is 3. The minimum atomic E-state index is -0.836. The van der Waals surface area contributed by atoms with Gasteiger partial charge in [0.2, 0.25) is 5.91 Å². The molecule has 1 N–H and O–H groups in total. The summed E-state index contributed by atoms with van der Waals surface area (Å²) in [5.41, 5.74) is 0.621. The van der Waals surface area contributed by atoms with E-state index in [1.54, 1.807) is 49.9 Å². The van der Waals surface area contributed by atoms with Gasteiger partial charge in [0.1, 0.15) is 11.6 Å². The molecule has 162 valence electrons. The molecule has 1 aliphatic heterocycles. The molecule has 0 spiro atoms. The smallest absolute Gasteiger partial charge is 0.409 e. The van der Waals surface area contributed by atoms with Crippen LogP contribution in [0, 0.1) is 11.3 Å². The van der Waals surface area contributed by atoms with Crippen molar-refractivity contribution in [3.63, 3.8) is 0 Å². The van der Waals surface area contributed by atoms with E-state index in [2.05, 4.69) is 11.4 Å². The van der Waals surface area contributed by atoms with Crippen molar-refractivity contribution >= 4 is 18.1 Å². The van der Waals surface area contributed by atoms with Crippen molar-refractivity contribution < 1.29 is 23.9 Å². The molecule has 0 bridgehead atoms. The number of nitrogens with one attached hydrogen (secondary N) is 1. The van der Waals surface area contributed by atoms with Crippen LogP contribution in [0.1, 0.15) is 31.9 Å². The second kappa shape index (κ2) is 9.96. The number of carbonyl (C=O) groups is 3. The van der Waals surface area contributed by atoms with Gasteiger partial charge in [0.15, 0.2) is 0 Å². The zero-order valence-electron chi connectivity index (χ0n) is 17.8. The molecular formula is C21H28N4O5. The quantitative estimate of drug-likeness (QED) is 0.802. The number of rotatable bonds is 4. The lowest BCUT2D eigenvalue weighted by atomic mass is 10.0. The van der Waals surface area contributed by atoms with Crippen LogP contribution < -0.4 is 5.32 Å². The molecule has 0 radical (unpaired) electrons. The predicted molar refractivity (Wildman–Crippen MR) is 109 cm³/mol. The molecule has 3 amide bonds. The van der Waals surface area contributed by atoms with E-state index in [-0.39, 0.29) is 12.3 Å². The molecule has 1 atom stereocenters.